The van der Waals surface area contributed by atoms with Crippen LogP contribution in [0.3, 0.4) is 0 Å². The molecule has 0 fully saturated rings. The molecule has 0 aromatic heterocycles. The molecule has 2 amide bonds. The van der Waals surface area contributed by atoms with Gasteiger partial charge in [0.15, 0.2) is 0 Å². The fraction of sp³-hybridized carbons (Fsp3) is 0.579. The van der Waals surface area contributed by atoms with Crippen LogP contribution < -0.4 is 15.4 Å². The van der Waals surface area contributed by atoms with Gasteiger partial charge in [-0.15, -0.1) is 0 Å². The zero-order valence-corrected chi connectivity index (χ0v) is 16.2. The van der Waals surface area contributed by atoms with Crippen LogP contribution in [0.4, 0.5) is 5.69 Å². The number of nitrogens with zero attached hydrogens (tertiary/aromatic N) is 1. The van der Waals surface area contributed by atoms with E-state index < -0.39 is 0 Å². The lowest BCUT2D eigenvalue weighted by Crippen LogP contribution is -2.44. The van der Waals surface area contributed by atoms with Crippen molar-refractivity contribution in [2.24, 2.45) is 5.92 Å². The van der Waals surface area contributed by atoms with E-state index in [4.69, 9.17) is 9.47 Å². The van der Waals surface area contributed by atoms with Crippen LogP contribution in [0, 0.1) is 5.92 Å². The molecule has 1 aliphatic rings. The number of amides is 2. The number of likely N-dealkylation sites (N-methyl/N-ethyl adjacent to an activating group) is 1. The van der Waals surface area contributed by atoms with Gasteiger partial charge in [-0.2, -0.15) is 0 Å². The van der Waals surface area contributed by atoms with E-state index >= 15 is 0 Å². The number of ether oxygens (including phenoxy) is 2. The third-order valence-electron chi connectivity index (χ3n) is 4.55. The number of anilines is 1. The van der Waals surface area contributed by atoms with Crippen molar-refractivity contribution in [2.75, 3.05) is 39.2 Å². The molecule has 0 aliphatic carbocycles. The van der Waals surface area contributed by atoms with Gasteiger partial charge in [-0.3, -0.25) is 9.59 Å². The summed E-state index contributed by atoms with van der Waals surface area (Å²) in [5, 5.41) is 6.15. The first-order valence-electron chi connectivity index (χ1n) is 8.88. The molecule has 0 saturated heterocycles. The van der Waals surface area contributed by atoms with Crippen molar-refractivity contribution in [2.45, 2.75) is 32.9 Å². The second kappa shape index (κ2) is 9.00. The maximum absolute atomic E-state index is 13.0. The first-order chi connectivity index (χ1) is 12.3. The van der Waals surface area contributed by atoms with Gasteiger partial charge in [-0.25, -0.2) is 0 Å². The smallest absolute Gasteiger partial charge is 0.257 e. The third-order valence-corrected chi connectivity index (χ3v) is 4.55. The van der Waals surface area contributed by atoms with Gasteiger partial charge in [-0.05, 0) is 31.0 Å². The van der Waals surface area contributed by atoms with E-state index in [9.17, 15) is 9.59 Å². The van der Waals surface area contributed by atoms with E-state index in [1.54, 1.807) is 37.3 Å². The van der Waals surface area contributed by atoms with Gasteiger partial charge in [-0.1, -0.05) is 6.92 Å². The van der Waals surface area contributed by atoms with Gasteiger partial charge in [0.25, 0.3) is 5.91 Å². The number of methoxy groups -OCH3 is 1. The second-order valence-electron chi connectivity index (χ2n) is 6.95. The zero-order chi connectivity index (χ0) is 19.3. The van der Waals surface area contributed by atoms with E-state index in [2.05, 4.69) is 17.6 Å². The van der Waals surface area contributed by atoms with Crippen LogP contribution in [0.25, 0.3) is 0 Å². The molecule has 2 N–H and O–H groups in total. The summed E-state index contributed by atoms with van der Waals surface area (Å²) in [5.41, 5.74) is 0.991. The molecular formula is C19H29N3O4. The van der Waals surface area contributed by atoms with E-state index in [1.165, 1.54) is 6.92 Å². The largest absolute Gasteiger partial charge is 0.491 e. The Morgan fingerprint density at radius 2 is 2.12 bits per heavy atom. The number of carbonyl (C=O) groups excluding carboxylic acids is 2. The Bertz CT molecular complexity index is 650. The average Bonchev–Trinajstić information content (AvgIpc) is 2.60. The number of hydrogen-bond acceptors (Lipinski definition) is 5. The third kappa shape index (κ3) is 5.19. The van der Waals surface area contributed by atoms with Gasteiger partial charge in [0.05, 0.1) is 11.7 Å². The van der Waals surface area contributed by atoms with Crippen molar-refractivity contribution in [3.63, 3.8) is 0 Å². The first kappa shape index (κ1) is 20.2. The summed E-state index contributed by atoms with van der Waals surface area (Å²) in [6.45, 7) is 7.26. The summed E-state index contributed by atoms with van der Waals surface area (Å²) in [4.78, 5) is 26.0. The standard InChI is InChI=1S/C19H29N3O4/c1-12-9-20-13(2)11-26-17-7-6-15(21-14(3)23)8-16(17)19(24)22(4)10-18(12)25-5/h6-8,12-13,18,20H,9-11H2,1-5H3,(H,21,23)/t12-,13+,18-/m0/s1. The molecule has 0 bridgehead atoms. The van der Waals surface area contributed by atoms with E-state index in [1.807, 2.05) is 6.92 Å². The summed E-state index contributed by atoms with van der Waals surface area (Å²) in [6, 6.07) is 5.24. The molecule has 1 aromatic rings. The minimum absolute atomic E-state index is 0.0778. The Morgan fingerprint density at radius 3 is 2.77 bits per heavy atom. The van der Waals surface area contributed by atoms with Crippen molar-refractivity contribution < 1.29 is 19.1 Å². The van der Waals surface area contributed by atoms with Crippen molar-refractivity contribution >= 4 is 17.5 Å². The Balaban J connectivity index is 2.37. The first-order valence-corrected chi connectivity index (χ1v) is 8.88. The molecular weight excluding hydrogens is 334 g/mol. The Hall–Kier alpha value is -2.12. The molecule has 0 unspecified atom stereocenters. The number of hydrogen-bond donors (Lipinski definition) is 2. The summed E-state index contributed by atoms with van der Waals surface area (Å²) in [7, 11) is 3.42. The fourth-order valence-corrected chi connectivity index (χ4v) is 2.94. The van der Waals surface area contributed by atoms with E-state index in [-0.39, 0.29) is 29.9 Å². The number of benzene rings is 1. The van der Waals surface area contributed by atoms with Crippen LogP contribution in [0.5, 0.6) is 5.75 Å². The minimum Gasteiger partial charge on any atom is -0.491 e. The molecule has 144 valence electrons. The topological polar surface area (TPSA) is 79.9 Å². The molecule has 7 nitrogen and oxygen atoms in total. The molecule has 26 heavy (non-hydrogen) atoms. The molecule has 3 atom stereocenters. The van der Waals surface area contributed by atoms with Gasteiger partial charge in [0.1, 0.15) is 12.4 Å². The predicted molar refractivity (Wildman–Crippen MR) is 101 cm³/mol. The SMILES string of the molecule is CO[C@H]1CN(C)C(=O)c2cc(NC(C)=O)ccc2OC[C@@H](C)NC[C@@H]1C. The van der Waals surface area contributed by atoms with Crippen LogP contribution in [0.2, 0.25) is 0 Å². The van der Waals surface area contributed by atoms with Crippen LogP contribution in [-0.2, 0) is 9.53 Å². The number of carbonyl (C=O) groups is 2. The molecule has 1 aromatic carbocycles. The van der Waals surface area contributed by atoms with Crippen LogP contribution in [0.1, 0.15) is 31.1 Å². The quantitative estimate of drug-likeness (QED) is 0.837. The monoisotopic (exact) mass is 363 g/mol. The molecule has 1 heterocycles. The highest BCUT2D eigenvalue weighted by atomic mass is 16.5. The molecule has 1 aliphatic heterocycles. The maximum Gasteiger partial charge on any atom is 0.257 e. The van der Waals surface area contributed by atoms with Crippen LogP contribution in [-0.4, -0.2) is 62.7 Å². The van der Waals surface area contributed by atoms with Crippen molar-refractivity contribution in [1.29, 1.82) is 0 Å². The molecule has 0 radical (unpaired) electrons. The van der Waals surface area contributed by atoms with Gasteiger partial charge >= 0.3 is 0 Å². The fourth-order valence-electron chi connectivity index (χ4n) is 2.94. The highest BCUT2D eigenvalue weighted by molar-refractivity contribution is 5.99. The zero-order valence-electron chi connectivity index (χ0n) is 16.2. The molecule has 0 spiro atoms. The second-order valence-corrected chi connectivity index (χ2v) is 6.95. The summed E-state index contributed by atoms with van der Waals surface area (Å²) >= 11 is 0. The van der Waals surface area contributed by atoms with Crippen molar-refractivity contribution in [3.8, 4) is 5.75 Å². The van der Waals surface area contributed by atoms with E-state index in [0.717, 1.165) is 6.54 Å². The Morgan fingerprint density at radius 1 is 1.38 bits per heavy atom. The van der Waals surface area contributed by atoms with Crippen molar-refractivity contribution in [1.82, 2.24) is 10.2 Å². The van der Waals surface area contributed by atoms with E-state index in [0.29, 0.717) is 30.2 Å². The minimum atomic E-state index is -0.189. The lowest BCUT2D eigenvalue weighted by molar-refractivity contribution is -0.114. The summed E-state index contributed by atoms with van der Waals surface area (Å²) in [5.74, 6) is 0.392. The highest BCUT2D eigenvalue weighted by Gasteiger charge is 2.25. The average molecular weight is 363 g/mol. The lowest BCUT2D eigenvalue weighted by atomic mass is 10.0. The van der Waals surface area contributed by atoms with Crippen LogP contribution in [0.15, 0.2) is 18.2 Å². The Labute approximate surface area is 155 Å². The number of nitrogens with one attached hydrogen (secondary N) is 2. The summed E-state index contributed by atoms with van der Waals surface area (Å²) < 4.78 is 11.5. The normalized spacial score (nSPS) is 24.7. The Kier molecular flexibility index (Phi) is 6.99. The number of rotatable bonds is 2. The molecule has 0 saturated carbocycles. The predicted octanol–water partition coefficient (Wildman–Crippen LogP) is 1.74. The van der Waals surface area contributed by atoms with Gasteiger partial charge in [0.2, 0.25) is 5.91 Å². The van der Waals surface area contributed by atoms with Crippen molar-refractivity contribution in [3.05, 3.63) is 23.8 Å². The van der Waals surface area contributed by atoms with Gasteiger partial charge in [0, 0.05) is 45.9 Å². The summed E-state index contributed by atoms with van der Waals surface area (Å²) in [6.07, 6.45) is -0.0778. The molecule has 2 rings (SSSR count). The number of fused-ring (bicyclic) bond motifs is 1. The molecule has 7 heteroatoms. The highest BCUT2D eigenvalue weighted by Crippen LogP contribution is 2.25. The lowest BCUT2D eigenvalue weighted by Gasteiger charge is -2.30. The maximum atomic E-state index is 13.0. The van der Waals surface area contributed by atoms with Crippen LogP contribution >= 0.6 is 0 Å². The van der Waals surface area contributed by atoms with Gasteiger partial charge < -0.3 is 25.0 Å².